The van der Waals surface area contributed by atoms with E-state index in [4.69, 9.17) is 0 Å². The van der Waals surface area contributed by atoms with Gasteiger partial charge in [0.15, 0.2) is 5.78 Å². The topological polar surface area (TPSA) is 20.3 Å². The minimum absolute atomic E-state index is 0.135. The molecule has 2 aromatic carbocycles. The highest BCUT2D eigenvalue weighted by Gasteiger charge is 2.41. The van der Waals surface area contributed by atoms with E-state index >= 15 is 0 Å². The van der Waals surface area contributed by atoms with Gasteiger partial charge in [-0.25, -0.2) is 0 Å². The van der Waals surface area contributed by atoms with Gasteiger partial charge in [0.2, 0.25) is 0 Å². The number of hydrogen-bond donors (Lipinski definition) is 0. The maximum Gasteiger partial charge on any atom is 0.170 e. The molecule has 0 aliphatic heterocycles. The first-order valence-electron chi connectivity index (χ1n) is 8.47. The summed E-state index contributed by atoms with van der Waals surface area (Å²) in [7, 11) is 4.12. The van der Waals surface area contributed by atoms with E-state index in [0.29, 0.717) is 0 Å². The van der Waals surface area contributed by atoms with Crippen molar-refractivity contribution in [2.75, 3.05) is 14.1 Å². The molecule has 0 heterocycles. The average molecular weight is 321 g/mol. The fraction of sp³-hybridized carbons (Fsp3) is 0.318. The van der Waals surface area contributed by atoms with Crippen molar-refractivity contribution in [1.29, 1.82) is 0 Å². The van der Waals surface area contributed by atoms with Crippen LogP contribution in [-0.2, 0) is 10.2 Å². The Labute approximate surface area is 145 Å². The summed E-state index contributed by atoms with van der Waals surface area (Å²) in [6.45, 7) is 4.07. The van der Waals surface area contributed by atoms with Crippen LogP contribution in [0.4, 0.5) is 0 Å². The largest absolute Gasteiger partial charge is 0.307 e. The third kappa shape index (κ3) is 3.65. The minimum atomic E-state index is -0.668. The van der Waals surface area contributed by atoms with Crippen molar-refractivity contribution in [1.82, 2.24) is 4.90 Å². The third-order valence-electron chi connectivity index (χ3n) is 4.75. The fourth-order valence-corrected chi connectivity index (χ4v) is 3.15. The van der Waals surface area contributed by atoms with Crippen LogP contribution in [0.1, 0.15) is 31.4 Å². The zero-order valence-corrected chi connectivity index (χ0v) is 15.1. The summed E-state index contributed by atoms with van der Waals surface area (Å²) in [5.74, 6) is 0.135. The normalized spacial score (nSPS) is 13.4. The summed E-state index contributed by atoms with van der Waals surface area (Å²) in [6.07, 6.45) is 4.28. The van der Waals surface area contributed by atoms with Crippen molar-refractivity contribution < 1.29 is 4.79 Å². The molecule has 24 heavy (non-hydrogen) atoms. The van der Waals surface area contributed by atoms with Gasteiger partial charge in [0.05, 0.1) is 5.41 Å². The first-order valence-corrected chi connectivity index (χ1v) is 8.47. The molecular formula is C22H27NO. The van der Waals surface area contributed by atoms with E-state index in [1.807, 2.05) is 49.4 Å². The maximum absolute atomic E-state index is 13.3. The van der Waals surface area contributed by atoms with E-state index in [1.165, 1.54) is 0 Å². The Morgan fingerprint density at radius 3 is 1.83 bits per heavy atom. The molecule has 0 amide bonds. The number of rotatable bonds is 7. The monoisotopic (exact) mass is 321 g/mol. The van der Waals surface area contributed by atoms with Gasteiger partial charge in [-0.3, -0.25) is 4.79 Å². The van der Waals surface area contributed by atoms with Crippen LogP contribution in [0, 0.1) is 0 Å². The lowest BCUT2D eigenvalue weighted by atomic mass is 9.67. The van der Waals surface area contributed by atoms with Crippen LogP contribution >= 0.6 is 0 Å². The van der Waals surface area contributed by atoms with Crippen LogP contribution in [-0.4, -0.2) is 30.8 Å². The van der Waals surface area contributed by atoms with Crippen molar-refractivity contribution >= 4 is 5.78 Å². The molecule has 0 bridgehead atoms. The van der Waals surface area contributed by atoms with E-state index < -0.39 is 5.41 Å². The second kappa shape index (κ2) is 8.07. The molecule has 0 spiro atoms. The molecule has 126 valence electrons. The van der Waals surface area contributed by atoms with Gasteiger partial charge in [-0.15, -0.1) is 0 Å². The minimum Gasteiger partial charge on any atom is -0.307 e. The summed E-state index contributed by atoms with van der Waals surface area (Å²) < 4.78 is 0. The SMILES string of the molecule is C/C=C/C(=O)C(C[C@H](C)N(C)C)(c1ccccc1)c1ccccc1. The van der Waals surface area contributed by atoms with E-state index in [9.17, 15) is 4.79 Å². The Balaban J connectivity index is 2.70. The molecule has 2 heteroatoms. The first-order chi connectivity index (χ1) is 11.5. The quantitative estimate of drug-likeness (QED) is 0.702. The van der Waals surface area contributed by atoms with Gasteiger partial charge in [-0.05, 0) is 51.6 Å². The lowest BCUT2D eigenvalue weighted by Gasteiger charge is -2.37. The zero-order chi connectivity index (χ0) is 17.6. The molecule has 0 N–H and O–H groups in total. The molecular weight excluding hydrogens is 294 g/mol. The molecule has 2 rings (SSSR count). The molecule has 1 atom stereocenters. The second-order valence-electron chi connectivity index (χ2n) is 6.52. The molecule has 2 aromatic rings. The Morgan fingerprint density at radius 2 is 1.46 bits per heavy atom. The molecule has 0 aliphatic rings. The van der Waals surface area contributed by atoms with E-state index in [2.05, 4.69) is 50.2 Å². The Hall–Kier alpha value is -2.19. The van der Waals surface area contributed by atoms with Crippen LogP contribution in [0.5, 0.6) is 0 Å². The number of allylic oxidation sites excluding steroid dienone is 2. The summed E-state index contributed by atoms with van der Waals surface area (Å²) in [4.78, 5) is 15.5. The van der Waals surface area contributed by atoms with Gasteiger partial charge in [-0.2, -0.15) is 0 Å². The van der Waals surface area contributed by atoms with Crippen molar-refractivity contribution in [3.8, 4) is 0 Å². The Kier molecular flexibility index (Phi) is 6.10. The highest BCUT2D eigenvalue weighted by atomic mass is 16.1. The number of carbonyl (C=O) groups excluding carboxylic acids is 1. The van der Waals surface area contributed by atoms with Crippen molar-refractivity contribution in [2.24, 2.45) is 0 Å². The number of ketones is 1. The third-order valence-corrected chi connectivity index (χ3v) is 4.75. The predicted molar refractivity (Wildman–Crippen MR) is 101 cm³/mol. The highest BCUT2D eigenvalue weighted by Crippen LogP contribution is 2.39. The number of carbonyl (C=O) groups is 1. The van der Waals surface area contributed by atoms with Crippen molar-refractivity contribution in [2.45, 2.75) is 31.7 Å². The highest BCUT2D eigenvalue weighted by molar-refractivity contribution is 6.02. The van der Waals surface area contributed by atoms with E-state index in [0.717, 1.165) is 17.5 Å². The summed E-state index contributed by atoms with van der Waals surface area (Å²) in [6, 6.07) is 20.6. The van der Waals surface area contributed by atoms with Crippen molar-refractivity contribution in [3.63, 3.8) is 0 Å². The van der Waals surface area contributed by atoms with E-state index in [1.54, 1.807) is 6.08 Å². The Morgan fingerprint density at radius 1 is 1.00 bits per heavy atom. The van der Waals surface area contributed by atoms with Gasteiger partial charge in [0.25, 0.3) is 0 Å². The molecule has 0 radical (unpaired) electrons. The summed E-state index contributed by atoms with van der Waals surface area (Å²) in [5, 5.41) is 0. The lowest BCUT2D eigenvalue weighted by Crippen LogP contribution is -2.42. The van der Waals surface area contributed by atoms with E-state index in [-0.39, 0.29) is 11.8 Å². The zero-order valence-electron chi connectivity index (χ0n) is 15.1. The summed E-state index contributed by atoms with van der Waals surface area (Å²) >= 11 is 0. The lowest BCUT2D eigenvalue weighted by molar-refractivity contribution is -0.119. The van der Waals surface area contributed by atoms with Gasteiger partial charge < -0.3 is 4.90 Å². The number of benzene rings is 2. The second-order valence-corrected chi connectivity index (χ2v) is 6.52. The van der Waals surface area contributed by atoms with Crippen LogP contribution in [0.2, 0.25) is 0 Å². The van der Waals surface area contributed by atoms with Crippen LogP contribution in [0.3, 0.4) is 0 Å². The molecule has 0 aliphatic carbocycles. The Bertz CT molecular complexity index is 634. The number of nitrogens with zero attached hydrogens (tertiary/aromatic N) is 1. The predicted octanol–water partition coefficient (Wildman–Crippen LogP) is 4.46. The molecule has 0 saturated heterocycles. The molecule has 0 fully saturated rings. The van der Waals surface area contributed by atoms with Gasteiger partial charge in [-0.1, -0.05) is 66.7 Å². The van der Waals surface area contributed by atoms with Crippen LogP contribution in [0.15, 0.2) is 72.8 Å². The molecule has 0 saturated carbocycles. The number of hydrogen-bond acceptors (Lipinski definition) is 2. The standard InChI is InChI=1S/C22H27NO/c1-5-12-21(24)22(17-18(2)23(3)4,19-13-8-6-9-14-19)20-15-10-7-11-16-20/h5-16,18H,17H2,1-4H3/b12-5+/t18-/m0/s1. The average Bonchev–Trinajstić information content (AvgIpc) is 2.61. The van der Waals surface area contributed by atoms with Crippen molar-refractivity contribution in [3.05, 3.63) is 83.9 Å². The maximum atomic E-state index is 13.3. The molecule has 0 unspecified atom stereocenters. The molecule has 2 nitrogen and oxygen atoms in total. The van der Waals surface area contributed by atoms with Gasteiger partial charge in [0, 0.05) is 6.04 Å². The summed E-state index contributed by atoms with van der Waals surface area (Å²) in [5.41, 5.74) is 1.43. The fourth-order valence-electron chi connectivity index (χ4n) is 3.15. The van der Waals surface area contributed by atoms with Crippen LogP contribution < -0.4 is 0 Å². The smallest absolute Gasteiger partial charge is 0.170 e. The first kappa shape index (κ1) is 18.2. The van der Waals surface area contributed by atoms with Crippen LogP contribution in [0.25, 0.3) is 0 Å². The van der Waals surface area contributed by atoms with Gasteiger partial charge >= 0.3 is 0 Å². The van der Waals surface area contributed by atoms with Gasteiger partial charge in [0.1, 0.15) is 0 Å². The molecule has 0 aromatic heterocycles.